The second-order valence-electron chi connectivity index (χ2n) is 12.7. The SMILES string of the molecule is CN(C)C(=O)c1ccc(-c2cccc(-c3nc(C(=O)NC4CCCC4)cc4c3[C@H](CCO)N([S@@](=O)C(C)(C)C)C4)c2)cc1. The molecular weight excluding hydrogens is 560 g/mol. The van der Waals surface area contributed by atoms with Crippen molar-refractivity contribution in [3.63, 3.8) is 0 Å². The van der Waals surface area contributed by atoms with Crippen molar-refractivity contribution in [1.82, 2.24) is 19.5 Å². The molecule has 1 aliphatic carbocycles. The van der Waals surface area contributed by atoms with Crippen LogP contribution in [0.1, 0.15) is 90.9 Å². The number of pyridine rings is 1. The van der Waals surface area contributed by atoms with Crippen LogP contribution in [0.2, 0.25) is 0 Å². The summed E-state index contributed by atoms with van der Waals surface area (Å²) in [5.74, 6) is -0.248. The predicted octanol–water partition coefficient (Wildman–Crippen LogP) is 5.49. The van der Waals surface area contributed by atoms with E-state index in [9.17, 15) is 18.9 Å². The fourth-order valence-electron chi connectivity index (χ4n) is 6.04. The Morgan fingerprint density at radius 3 is 2.33 bits per heavy atom. The number of hydrogen-bond acceptors (Lipinski definition) is 5. The first kappa shape index (κ1) is 31.0. The summed E-state index contributed by atoms with van der Waals surface area (Å²) in [6.45, 7) is 6.18. The molecule has 3 aromatic rings. The first-order valence-corrected chi connectivity index (χ1v) is 16.1. The Balaban J connectivity index is 1.59. The van der Waals surface area contributed by atoms with Crippen molar-refractivity contribution in [2.75, 3.05) is 20.7 Å². The molecule has 0 radical (unpaired) electrons. The van der Waals surface area contributed by atoms with Crippen molar-refractivity contribution in [3.8, 4) is 22.4 Å². The van der Waals surface area contributed by atoms with Crippen LogP contribution in [0.25, 0.3) is 22.4 Å². The van der Waals surface area contributed by atoms with Crippen LogP contribution >= 0.6 is 0 Å². The summed E-state index contributed by atoms with van der Waals surface area (Å²) in [7, 11) is 2.13. The van der Waals surface area contributed by atoms with Crippen molar-refractivity contribution in [2.45, 2.75) is 76.3 Å². The van der Waals surface area contributed by atoms with Crippen LogP contribution in [0.15, 0.2) is 54.6 Å². The van der Waals surface area contributed by atoms with Gasteiger partial charge in [-0.15, -0.1) is 0 Å². The zero-order valence-corrected chi connectivity index (χ0v) is 26.5. The minimum Gasteiger partial charge on any atom is -0.396 e. The lowest BCUT2D eigenvalue weighted by Crippen LogP contribution is -2.36. The third kappa shape index (κ3) is 6.59. The average Bonchev–Trinajstić information content (AvgIpc) is 3.63. The Hall–Kier alpha value is -3.40. The number of carbonyl (C=O) groups is 2. The van der Waals surface area contributed by atoms with E-state index in [2.05, 4.69) is 5.32 Å². The summed E-state index contributed by atoms with van der Waals surface area (Å²) >= 11 is 0. The molecule has 5 rings (SSSR count). The van der Waals surface area contributed by atoms with Gasteiger partial charge in [0.15, 0.2) is 0 Å². The van der Waals surface area contributed by atoms with Crippen molar-refractivity contribution in [1.29, 1.82) is 0 Å². The zero-order valence-electron chi connectivity index (χ0n) is 25.7. The number of aliphatic hydroxyl groups is 1. The van der Waals surface area contributed by atoms with Gasteiger partial charge >= 0.3 is 0 Å². The summed E-state index contributed by atoms with van der Waals surface area (Å²) in [6, 6.07) is 17.2. The lowest BCUT2D eigenvalue weighted by molar-refractivity contribution is 0.0827. The molecule has 9 heteroatoms. The maximum Gasteiger partial charge on any atom is 0.270 e. The van der Waals surface area contributed by atoms with Crippen LogP contribution in [0.5, 0.6) is 0 Å². The van der Waals surface area contributed by atoms with Gasteiger partial charge in [0.1, 0.15) is 16.7 Å². The molecule has 2 aliphatic rings. The van der Waals surface area contributed by atoms with Gasteiger partial charge in [-0.3, -0.25) is 9.59 Å². The molecule has 228 valence electrons. The minimum atomic E-state index is -1.34. The molecule has 1 aromatic heterocycles. The molecule has 0 unspecified atom stereocenters. The van der Waals surface area contributed by atoms with E-state index in [4.69, 9.17) is 4.98 Å². The first-order valence-electron chi connectivity index (χ1n) is 15.0. The van der Waals surface area contributed by atoms with Crippen molar-refractivity contribution < 1.29 is 18.9 Å². The van der Waals surface area contributed by atoms with Crippen LogP contribution in [0.3, 0.4) is 0 Å². The zero-order chi connectivity index (χ0) is 30.9. The van der Waals surface area contributed by atoms with E-state index in [1.54, 1.807) is 19.0 Å². The maximum atomic E-state index is 13.7. The Kier molecular flexibility index (Phi) is 9.15. The van der Waals surface area contributed by atoms with Crippen LogP contribution in [-0.2, 0) is 17.5 Å². The monoisotopic (exact) mass is 602 g/mol. The molecule has 0 spiro atoms. The van der Waals surface area contributed by atoms with Crippen LogP contribution in [0, 0.1) is 0 Å². The highest BCUT2D eigenvalue weighted by atomic mass is 32.2. The Labute approximate surface area is 257 Å². The van der Waals surface area contributed by atoms with Crippen molar-refractivity contribution in [3.05, 3.63) is 77.0 Å². The number of rotatable bonds is 8. The lowest BCUT2D eigenvalue weighted by Gasteiger charge is -2.30. The van der Waals surface area contributed by atoms with Gasteiger partial charge in [0.2, 0.25) is 0 Å². The van der Waals surface area contributed by atoms with Gasteiger partial charge in [-0.05, 0) is 81.0 Å². The number of amides is 2. The molecule has 1 saturated carbocycles. The maximum absolute atomic E-state index is 13.7. The smallest absolute Gasteiger partial charge is 0.270 e. The van der Waals surface area contributed by atoms with E-state index in [1.807, 2.05) is 79.7 Å². The minimum absolute atomic E-state index is 0.0557. The molecule has 2 atom stereocenters. The summed E-state index contributed by atoms with van der Waals surface area (Å²) in [5, 5.41) is 13.2. The van der Waals surface area contributed by atoms with E-state index in [0.29, 0.717) is 29.9 Å². The molecule has 0 bridgehead atoms. The van der Waals surface area contributed by atoms with Gasteiger partial charge in [0.05, 0.1) is 16.5 Å². The second-order valence-corrected chi connectivity index (χ2v) is 14.9. The van der Waals surface area contributed by atoms with E-state index >= 15 is 0 Å². The Morgan fingerprint density at radius 2 is 1.70 bits per heavy atom. The highest BCUT2D eigenvalue weighted by Crippen LogP contribution is 2.44. The van der Waals surface area contributed by atoms with Gasteiger partial charge in [0, 0.05) is 50.0 Å². The lowest BCUT2D eigenvalue weighted by atomic mass is 9.94. The van der Waals surface area contributed by atoms with Gasteiger partial charge in [-0.1, -0.05) is 43.2 Å². The standard InChI is InChI=1S/C34H42N4O4S/c1-34(2,3)43(42)38-21-26-20-28(32(40)35-27-11-6-7-12-27)36-31(30(26)29(38)17-18-39)25-10-8-9-24(19-25)22-13-15-23(16-14-22)33(41)37(4)5/h8-10,13-16,19-20,27,29,39H,6-7,11-12,17-18,21H2,1-5H3,(H,35,40)/t29-,43-/m0/s1. The number of fused-ring (bicyclic) bond motifs is 1. The van der Waals surface area contributed by atoms with Crippen LogP contribution in [-0.4, -0.2) is 66.8 Å². The van der Waals surface area contributed by atoms with E-state index in [0.717, 1.165) is 53.5 Å². The van der Waals surface area contributed by atoms with E-state index < -0.39 is 15.7 Å². The fourth-order valence-corrected chi connectivity index (χ4v) is 7.45. The van der Waals surface area contributed by atoms with E-state index in [1.165, 1.54) is 0 Å². The number of aromatic nitrogens is 1. The molecular formula is C34H42N4O4S. The number of benzene rings is 2. The summed E-state index contributed by atoms with van der Waals surface area (Å²) < 4.78 is 15.1. The highest BCUT2D eigenvalue weighted by Gasteiger charge is 2.40. The van der Waals surface area contributed by atoms with Gasteiger partial charge in [-0.25, -0.2) is 13.5 Å². The molecule has 43 heavy (non-hydrogen) atoms. The number of carbonyl (C=O) groups excluding carboxylic acids is 2. The third-order valence-corrected chi connectivity index (χ3v) is 10.1. The summed E-state index contributed by atoms with van der Waals surface area (Å²) in [4.78, 5) is 32.4. The fraction of sp³-hybridized carbons (Fsp3) is 0.441. The first-order chi connectivity index (χ1) is 20.5. The Bertz CT molecular complexity index is 1520. The largest absolute Gasteiger partial charge is 0.396 e. The van der Waals surface area contributed by atoms with Crippen molar-refractivity contribution in [2.24, 2.45) is 0 Å². The number of hydrogen-bond donors (Lipinski definition) is 2. The van der Waals surface area contributed by atoms with Crippen LogP contribution < -0.4 is 5.32 Å². The predicted molar refractivity (Wildman–Crippen MR) is 171 cm³/mol. The van der Waals surface area contributed by atoms with Gasteiger partial charge < -0.3 is 15.3 Å². The molecule has 1 aliphatic heterocycles. The summed E-state index contributed by atoms with van der Waals surface area (Å²) in [5.41, 5.74) is 6.19. The van der Waals surface area contributed by atoms with Crippen LogP contribution in [0.4, 0.5) is 0 Å². The second kappa shape index (κ2) is 12.7. The third-order valence-electron chi connectivity index (χ3n) is 8.22. The topological polar surface area (TPSA) is 103 Å². The molecule has 2 aromatic carbocycles. The molecule has 2 amide bonds. The summed E-state index contributed by atoms with van der Waals surface area (Å²) in [6.07, 6.45) is 4.57. The van der Waals surface area contributed by atoms with Gasteiger partial charge in [-0.2, -0.15) is 0 Å². The molecule has 2 heterocycles. The Morgan fingerprint density at radius 1 is 1.02 bits per heavy atom. The van der Waals surface area contributed by atoms with Gasteiger partial charge in [0.25, 0.3) is 11.8 Å². The normalized spacial score (nSPS) is 18.0. The molecule has 1 fully saturated rings. The van der Waals surface area contributed by atoms with Crippen molar-refractivity contribution >= 4 is 22.8 Å². The number of nitrogens with zero attached hydrogens (tertiary/aromatic N) is 3. The molecule has 2 N–H and O–H groups in total. The molecule has 8 nitrogen and oxygen atoms in total. The quantitative estimate of drug-likeness (QED) is 0.355. The number of aliphatic hydroxyl groups excluding tert-OH is 1. The van der Waals surface area contributed by atoms with E-state index in [-0.39, 0.29) is 30.5 Å². The highest BCUT2D eigenvalue weighted by molar-refractivity contribution is 7.84. The average molecular weight is 603 g/mol. The number of nitrogens with one attached hydrogen (secondary N) is 1. The molecule has 0 saturated heterocycles.